The Hall–Kier alpha value is -0.167. The summed E-state index contributed by atoms with van der Waals surface area (Å²) in [6.45, 7) is 1.66. The Balaban J connectivity index is 0. The fourth-order valence-electron chi connectivity index (χ4n) is 0.143. The first-order valence-corrected chi connectivity index (χ1v) is 1.63. The minimum absolute atomic E-state index is 0. The molecule has 7 heavy (non-hydrogen) atoms. The normalized spacial score (nSPS) is 8.14. The number of carbonyl (C=O) groups is 1. The first-order valence-electron chi connectivity index (χ1n) is 1.63. The second-order valence-electron chi connectivity index (χ2n) is 0.838. The van der Waals surface area contributed by atoms with Gasteiger partial charge in [-0.25, -0.2) is 4.79 Å². The molecule has 0 spiro atoms. The average molecular weight is 151 g/mol. The van der Waals surface area contributed by atoms with Gasteiger partial charge in [-0.3, -0.25) is 0 Å². The molecule has 0 bridgehead atoms. The van der Waals surface area contributed by atoms with E-state index in [-0.39, 0.29) is 19.5 Å². The predicted octanol–water partition coefficient (Wildman–Crippen LogP) is 0.645. The van der Waals surface area contributed by atoms with Crippen LogP contribution in [0.3, 0.4) is 0 Å². The molecule has 0 amide bonds. The van der Waals surface area contributed by atoms with Crippen molar-refractivity contribution in [1.82, 2.24) is 0 Å². The van der Waals surface area contributed by atoms with Crippen molar-refractivity contribution < 1.29 is 29.4 Å². The third-order valence-electron chi connectivity index (χ3n) is 0.309. The van der Waals surface area contributed by atoms with Gasteiger partial charge in [0.25, 0.3) is 0 Å². The molecule has 0 saturated heterocycles. The van der Waals surface area contributed by atoms with Gasteiger partial charge >= 0.3 is 5.97 Å². The van der Waals surface area contributed by atoms with Crippen molar-refractivity contribution in [2.24, 2.45) is 0 Å². The molecule has 0 aromatic heterocycles. The molecule has 0 aromatic carbocycles. The molecule has 0 unspecified atom stereocenters. The van der Waals surface area contributed by atoms with E-state index < -0.39 is 5.97 Å². The smallest absolute Gasteiger partial charge is 0.327 e. The van der Waals surface area contributed by atoms with Crippen LogP contribution in [0, 0.1) is 0 Å². The summed E-state index contributed by atoms with van der Waals surface area (Å²) in [6, 6.07) is 0. The van der Waals surface area contributed by atoms with Gasteiger partial charge in [0, 0.05) is 25.6 Å². The van der Waals surface area contributed by atoms with Gasteiger partial charge in [0.15, 0.2) is 0 Å². The van der Waals surface area contributed by atoms with Crippen molar-refractivity contribution in [3.05, 3.63) is 12.2 Å². The SMILES string of the molecule is C/C=C/C(=O)O.[Zn]. The van der Waals surface area contributed by atoms with Crippen LogP contribution < -0.4 is 0 Å². The number of aliphatic carboxylic acids is 1. The summed E-state index contributed by atoms with van der Waals surface area (Å²) in [5.74, 6) is -0.891. The van der Waals surface area contributed by atoms with Crippen LogP contribution in [0.1, 0.15) is 6.92 Å². The minimum Gasteiger partial charge on any atom is -0.478 e. The van der Waals surface area contributed by atoms with E-state index in [0.717, 1.165) is 6.08 Å². The summed E-state index contributed by atoms with van der Waals surface area (Å²) in [5.41, 5.74) is 0. The monoisotopic (exact) mass is 150 g/mol. The van der Waals surface area contributed by atoms with Crippen molar-refractivity contribution >= 4 is 5.97 Å². The van der Waals surface area contributed by atoms with Crippen molar-refractivity contribution in [3.8, 4) is 0 Å². The van der Waals surface area contributed by atoms with E-state index in [2.05, 4.69) is 0 Å². The molecule has 0 rings (SSSR count). The van der Waals surface area contributed by atoms with Crippen LogP contribution in [0.5, 0.6) is 0 Å². The average Bonchev–Trinajstić information content (AvgIpc) is 1.35. The number of hydrogen-bond acceptors (Lipinski definition) is 1. The molecule has 3 heteroatoms. The topological polar surface area (TPSA) is 37.3 Å². The number of allylic oxidation sites excluding steroid dienone is 1. The van der Waals surface area contributed by atoms with Crippen LogP contribution >= 0.6 is 0 Å². The minimum atomic E-state index is -0.891. The molecule has 0 radical (unpaired) electrons. The van der Waals surface area contributed by atoms with Crippen LogP contribution in [0.4, 0.5) is 0 Å². The summed E-state index contributed by atoms with van der Waals surface area (Å²) < 4.78 is 0. The van der Waals surface area contributed by atoms with Crippen molar-refractivity contribution in [2.75, 3.05) is 0 Å². The van der Waals surface area contributed by atoms with Crippen LogP contribution in [0.25, 0.3) is 0 Å². The third kappa shape index (κ3) is 10.7. The first-order chi connectivity index (χ1) is 2.77. The summed E-state index contributed by atoms with van der Waals surface area (Å²) in [6.07, 6.45) is 2.56. The van der Waals surface area contributed by atoms with Crippen molar-refractivity contribution in [1.29, 1.82) is 0 Å². The molecule has 0 heterocycles. The Kier molecular flexibility index (Phi) is 8.29. The second-order valence-corrected chi connectivity index (χ2v) is 0.838. The maximum Gasteiger partial charge on any atom is 0.327 e. The fourth-order valence-corrected chi connectivity index (χ4v) is 0.143. The molecule has 0 aliphatic heterocycles. The Bertz CT molecular complexity index is 77.8. The molecule has 0 aliphatic rings. The van der Waals surface area contributed by atoms with E-state index in [1.165, 1.54) is 6.08 Å². The predicted molar refractivity (Wildman–Crippen MR) is 22.4 cm³/mol. The first kappa shape index (κ1) is 9.95. The fraction of sp³-hybridized carbons (Fsp3) is 0.250. The molecule has 0 aliphatic carbocycles. The molecule has 2 nitrogen and oxygen atoms in total. The zero-order chi connectivity index (χ0) is 4.99. The quantitative estimate of drug-likeness (QED) is 0.441. The molecule has 0 fully saturated rings. The molecule has 0 saturated carbocycles. The van der Waals surface area contributed by atoms with Crippen LogP contribution in [-0.2, 0) is 24.3 Å². The Labute approximate surface area is 55.0 Å². The summed E-state index contributed by atoms with van der Waals surface area (Å²) in [7, 11) is 0. The third-order valence-corrected chi connectivity index (χ3v) is 0.309. The molecule has 0 atom stereocenters. The molecule has 1 N–H and O–H groups in total. The zero-order valence-corrected chi connectivity index (χ0v) is 7.18. The Morgan fingerprint density at radius 2 is 2.14 bits per heavy atom. The summed E-state index contributed by atoms with van der Waals surface area (Å²) >= 11 is 0. The van der Waals surface area contributed by atoms with Gasteiger partial charge in [0.05, 0.1) is 0 Å². The van der Waals surface area contributed by atoms with E-state index in [0.29, 0.717) is 0 Å². The van der Waals surface area contributed by atoms with Gasteiger partial charge in [-0.2, -0.15) is 0 Å². The Morgan fingerprint density at radius 1 is 1.71 bits per heavy atom. The standard InChI is InChI=1S/C4H6O2.Zn/c1-2-3-4(5)6;/h2-3H,1H3,(H,5,6);/b3-2+;. The van der Waals surface area contributed by atoms with Crippen molar-refractivity contribution in [3.63, 3.8) is 0 Å². The van der Waals surface area contributed by atoms with Gasteiger partial charge < -0.3 is 5.11 Å². The van der Waals surface area contributed by atoms with Gasteiger partial charge in [-0.05, 0) is 6.92 Å². The summed E-state index contributed by atoms with van der Waals surface area (Å²) in [5, 5.41) is 7.83. The van der Waals surface area contributed by atoms with Crippen LogP contribution in [0.2, 0.25) is 0 Å². The second kappa shape index (κ2) is 5.83. The maximum atomic E-state index is 9.51. The van der Waals surface area contributed by atoms with E-state index in [1.54, 1.807) is 6.92 Å². The number of rotatable bonds is 1. The van der Waals surface area contributed by atoms with Crippen molar-refractivity contribution in [2.45, 2.75) is 6.92 Å². The van der Waals surface area contributed by atoms with E-state index in [1.807, 2.05) is 0 Å². The van der Waals surface area contributed by atoms with Gasteiger partial charge in [0.1, 0.15) is 0 Å². The number of carboxylic acids is 1. The van der Waals surface area contributed by atoms with E-state index in [4.69, 9.17) is 5.11 Å². The largest absolute Gasteiger partial charge is 0.478 e. The Morgan fingerprint density at radius 3 is 2.14 bits per heavy atom. The zero-order valence-electron chi connectivity index (χ0n) is 4.22. The van der Waals surface area contributed by atoms with Crippen LogP contribution in [-0.4, -0.2) is 11.1 Å². The molecule has 36 valence electrons. The number of carboxylic acid groups (broad SMARTS) is 1. The summed E-state index contributed by atoms with van der Waals surface area (Å²) in [4.78, 5) is 9.51. The van der Waals surface area contributed by atoms with E-state index in [9.17, 15) is 4.79 Å². The maximum absolute atomic E-state index is 9.51. The van der Waals surface area contributed by atoms with Gasteiger partial charge in [0.2, 0.25) is 0 Å². The molecule has 0 aromatic rings. The number of hydrogen-bond donors (Lipinski definition) is 1. The van der Waals surface area contributed by atoms with Gasteiger partial charge in [-0.1, -0.05) is 6.08 Å². The van der Waals surface area contributed by atoms with E-state index >= 15 is 0 Å². The van der Waals surface area contributed by atoms with Gasteiger partial charge in [-0.15, -0.1) is 0 Å². The molecular formula is C4H6O2Zn. The van der Waals surface area contributed by atoms with Crippen LogP contribution in [0.15, 0.2) is 12.2 Å². The molecular weight excluding hydrogens is 145 g/mol.